The lowest BCUT2D eigenvalue weighted by molar-refractivity contribution is -0.123. The van der Waals surface area contributed by atoms with Crippen molar-refractivity contribution in [1.82, 2.24) is 0 Å². The maximum atomic E-state index is 11.4. The topological polar surface area (TPSA) is 52.6 Å². The molecule has 1 unspecified atom stereocenters. The number of unbranched alkanes of at least 4 members (excludes halogenated alkanes) is 2. The van der Waals surface area contributed by atoms with Crippen LogP contribution < -0.4 is 10.2 Å². The highest BCUT2D eigenvalue weighted by Crippen LogP contribution is 2.38. The van der Waals surface area contributed by atoms with E-state index in [1.54, 1.807) is 6.07 Å². The first-order valence-electron chi connectivity index (χ1n) is 6.58. The molecule has 104 valence electrons. The Bertz CT molecular complexity index is 491. The van der Waals surface area contributed by atoms with Crippen molar-refractivity contribution >= 4 is 28.9 Å². The molecule has 19 heavy (non-hydrogen) atoms. The monoisotopic (exact) mass is 282 g/mol. The lowest BCUT2D eigenvalue weighted by atomic mass is 10.1. The number of aliphatic hydroxyl groups excluding tert-OH is 1. The molecule has 2 N–H and O–H groups in total. The van der Waals surface area contributed by atoms with Gasteiger partial charge in [-0.25, -0.2) is 0 Å². The zero-order valence-corrected chi connectivity index (χ0v) is 12.0. The molecule has 1 amide bonds. The standard InChI is InChI=1S/C14H19ClN2O2/c1-3-4-5-6-17(2)12-8-11-9(7-10(12)15)13(18)14(19)16-11/h7-8,13,18H,3-6H2,1-2H3,(H,16,19). The van der Waals surface area contributed by atoms with Crippen LogP contribution in [-0.2, 0) is 4.79 Å². The van der Waals surface area contributed by atoms with Gasteiger partial charge < -0.3 is 15.3 Å². The molecule has 1 aliphatic heterocycles. The fourth-order valence-corrected chi connectivity index (χ4v) is 2.58. The van der Waals surface area contributed by atoms with Gasteiger partial charge in [0.2, 0.25) is 0 Å². The SMILES string of the molecule is CCCCCN(C)c1cc2c(cc1Cl)C(O)C(=O)N2. The average molecular weight is 283 g/mol. The Kier molecular flexibility index (Phi) is 4.32. The van der Waals surface area contributed by atoms with Crippen LogP contribution >= 0.6 is 11.6 Å². The van der Waals surface area contributed by atoms with Gasteiger partial charge in [0.1, 0.15) is 0 Å². The van der Waals surface area contributed by atoms with Crippen LogP contribution in [0.5, 0.6) is 0 Å². The Hall–Kier alpha value is -1.26. The summed E-state index contributed by atoms with van der Waals surface area (Å²) >= 11 is 6.24. The van der Waals surface area contributed by atoms with Gasteiger partial charge in [0.15, 0.2) is 6.10 Å². The fraction of sp³-hybridized carbons (Fsp3) is 0.500. The minimum atomic E-state index is -1.10. The van der Waals surface area contributed by atoms with Crippen molar-refractivity contribution in [2.75, 3.05) is 23.8 Å². The van der Waals surface area contributed by atoms with E-state index in [0.717, 1.165) is 18.7 Å². The van der Waals surface area contributed by atoms with Crippen molar-refractivity contribution < 1.29 is 9.90 Å². The largest absolute Gasteiger partial charge is 0.378 e. The van der Waals surface area contributed by atoms with Gasteiger partial charge in [-0.3, -0.25) is 4.79 Å². The highest BCUT2D eigenvalue weighted by molar-refractivity contribution is 6.33. The van der Waals surface area contributed by atoms with Crippen molar-refractivity contribution in [3.8, 4) is 0 Å². The van der Waals surface area contributed by atoms with Crippen LogP contribution in [0.3, 0.4) is 0 Å². The first kappa shape index (κ1) is 14.2. The van der Waals surface area contributed by atoms with Gasteiger partial charge in [0, 0.05) is 24.8 Å². The van der Waals surface area contributed by atoms with E-state index in [-0.39, 0.29) is 0 Å². The maximum Gasteiger partial charge on any atom is 0.257 e. The number of hydrogen-bond acceptors (Lipinski definition) is 3. The Morgan fingerprint density at radius 3 is 2.84 bits per heavy atom. The van der Waals surface area contributed by atoms with Crippen LogP contribution in [0, 0.1) is 0 Å². The van der Waals surface area contributed by atoms with Crippen molar-refractivity contribution in [2.24, 2.45) is 0 Å². The molecule has 2 rings (SSSR count). The number of fused-ring (bicyclic) bond motifs is 1. The van der Waals surface area contributed by atoms with Crippen LogP contribution in [0.1, 0.15) is 37.9 Å². The van der Waals surface area contributed by atoms with Crippen LogP contribution in [0.2, 0.25) is 5.02 Å². The van der Waals surface area contributed by atoms with Crippen LogP contribution in [-0.4, -0.2) is 24.6 Å². The van der Waals surface area contributed by atoms with Gasteiger partial charge in [0.25, 0.3) is 5.91 Å². The molecule has 1 aromatic carbocycles. The summed E-state index contributed by atoms with van der Waals surface area (Å²) in [5.74, 6) is -0.392. The van der Waals surface area contributed by atoms with Crippen molar-refractivity contribution in [3.63, 3.8) is 0 Å². The molecular formula is C14H19ClN2O2. The van der Waals surface area contributed by atoms with Gasteiger partial charge in [-0.2, -0.15) is 0 Å². The molecule has 0 radical (unpaired) electrons. The second kappa shape index (κ2) is 5.80. The minimum absolute atomic E-state index is 0.392. The predicted molar refractivity (Wildman–Crippen MR) is 77.8 cm³/mol. The first-order valence-corrected chi connectivity index (χ1v) is 6.96. The molecule has 0 fully saturated rings. The number of halogens is 1. The van der Waals surface area contributed by atoms with Crippen molar-refractivity contribution in [2.45, 2.75) is 32.3 Å². The normalized spacial score (nSPS) is 17.3. The summed E-state index contributed by atoms with van der Waals surface area (Å²) < 4.78 is 0. The molecule has 0 saturated carbocycles. The quantitative estimate of drug-likeness (QED) is 0.817. The zero-order chi connectivity index (χ0) is 14.0. The Labute approximate surface area is 118 Å². The van der Waals surface area contributed by atoms with Crippen LogP contribution in [0.4, 0.5) is 11.4 Å². The van der Waals surface area contributed by atoms with Crippen LogP contribution in [0.25, 0.3) is 0 Å². The summed E-state index contributed by atoms with van der Waals surface area (Å²) in [5.41, 5.74) is 2.09. The molecule has 0 spiro atoms. The summed E-state index contributed by atoms with van der Waals surface area (Å²) in [6.45, 7) is 3.09. The second-order valence-corrected chi connectivity index (χ2v) is 5.32. The number of aliphatic hydroxyl groups is 1. The summed E-state index contributed by atoms with van der Waals surface area (Å²) in [5, 5.41) is 12.9. The molecule has 0 aromatic heterocycles. The number of benzene rings is 1. The highest BCUT2D eigenvalue weighted by Gasteiger charge is 2.29. The maximum absolute atomic E-state index is 11.4. The lowest BCUT2D eigenvalue weighted by Crippen LogP contribution is -2.19. The molecule has 4 nitrogen and oxygen atoms in total. The third-order valence-corrected chi connectivity index (χ3v) is 3.73. The lowest BCUT2D eigenvalue weighted by Gasteiger charge is -2.21. The number of carbonyl (C=O) groups is 1. The summed E-state index contributed by atoms with van der Waals surface area (Å²) in [6.07, 6.45) is 2.36. The zero-order valence-electron chi connectivity index (χ0n) is 11.2. The van der Waals surface area contributed by atoms with Gasteiger partial charge >= 0.3 is 0 Å². The second-order valence-electron chi connectivity index (χ2n) is 4.91. The number of rotatable bonds is 5. The van der Waals surface area contributed by atoms with E-state index in [2.05, 4.69) is 17.1 Å². The molecule has 5 heteroatoms. The smallest absolute Gasteiger partial charge is 0.257 e. The van der Waals surface area contributed by atoms with E-state index in [4.69, 9.17) is 11.6 Å². The third kappa shape index (κ3) is 2.85. The molecule has 1 atom stereocenters. The molecular weight excluding hydrogens is 264 g/mol. The van der Waals surface area contributed by atoms with Crippen LogP contribution in [0.15, 0.2) is 12.1 Å². The number of carbonyl (C=O) groups excluding carboxylic acids is 1. The summed E-state index contributed by atoms with van der Waals surface area (Å²) in [7, 11) is 1.98. The molecule has 1 heterocycles. The Balaban J connectivity index is 2.19. The fourth-order valence-electron chi connectivity index (χ4n) is 2.27. The molecule has 0 aliphatic carbocycles. The molecule has 0 saturated heterocycles. The van der Waals surface area contributed by atoms with E-state index < -0.39 is 12.0 Å². The van der Waals surface area contributed by atoms with Gasteiger partial charge in [-0.15, -0.1) is 0 Å². The van der Waals surface area contributed by atoms with Crippen molar-refractivity contribution in [3.05, 3.63) is 22.7 Å². The van der Waals surface area contributed by atoms with Crippen molar-refractivity contribution in [1.29, 1.82) is 0 Å². The summed E-state index contributed by atoms with van der Waals surface area (Å²) in [6, 6.07) is 3.50. The van der Waals surface area contributed by atoms with Gasteiger partial charge in [-0.1, -0.05) is 31.4 Å². The van der Waals surface area contributed by atoms with E-state index in [1.807, 2.05) is 13.1 Å². The number of hydrogen-bond donors (Lipinski definition) is 2. The Morgan fingerprint density at radius 1 is 1.42 bits per heavy atom. The minimum Gasteiger partial charge on any atom is -0.378 e. The Morgan fingerprint density at radius 2 is 2.16 bits per heavy atom. The predicted octanol–water partition coefficient (Wildman–Crippen LogP) is 2.95. The van der Waals surface area contributed by atoms with Gasteiger partial charge in [-0.05, 0) is 18.6 Å². The third-order valence-electron chi connectivity index (χ3n) is 3.43. The molecule has 0 bridgehead atoms. The highest BCUT2D eigenvalue weighted by atomic mass is 35.5. The van der Waals surface area contributed by atoms with E-state index in [9.17, 15) is 9.90 Å². The number of nitrogens with one attached hydrogen (secondary N) is 1. The van der Waals surface area contributed by atoms with E-state index in [1.165, 1.54) is 12.8 Å². The van der Waals surface area contributed by atoms with Gasteiger partial charge in [0.05, 0.1) is 10.7 Å². The first-order chi connectivity index (χ1) is 9.04. The van der Waals surface area contributed by atoms with E-state index >= 15 is 0 Å². The number of amides is 1. The van der Waals surface area contributed by atoms with E-state index in [0.29, 0.717) is 16.3 Å². The summed E-state index contributed by atoms with van der Waals surface area (Å²) in [4.78, 5) is 13.5. The number of nitrogens with zero attached hydrogens (tertiary/aromatic N) is 1. The number of anilines is 2. The average Bonchev–Trinajstić information content (AvgIpc) is 2.65. The molecule has 1 aromatic rings. The molecule has 1 aliphatic rings.